The predicted octanol–water partition coefficient (Wildman–Crippen LogP) is 7.81. The molecular weight excluding hydrogens is 396 g/mol. The monoisotopic (exact) mass is 438 g/mol. The van der Waals surface area contributed by atoms with Crippen LogP contribution in [0.25, 0.3) is 0 Å². The molecule has 3 nitrogen and oxygen atoms in total. The fourth-order valence-electron chi connectivity index (χ4n) is 3.92. The maximum atomic E-state index is 12.7. The van der Waals surface area contributed by atoms with Crippen LogP contribution in [-0.2, 0) is 11.2 Å². The predicted molar refractivity (Wildman–Crippen MR) is 134 cm³/mol. The quantitative estimate of drug-likeness (QED) is 0.296. The Morgan fingerprint density at radius 1 is 0.719 bits per heavy atom. The van der Waals surface area contributed by atoms with Gasteiger partial charge in [-0.2, -0.15) is 0 Å². The molecule has 0 aliphatic heterocycles. The minimum Gasteiger partial charge on any atom is -0.488 e. The Hall–Kier alpha value is -2.29. The molecule has 0 heterocycles. The Morgan fingerprint density at radius 2 is 1.12 bits per heavy atom. The molecule has 0 unspecified atom stereocenters. The van der Waals surface area contributed by atoms with Crippen molar-refractivity contribution in [3.8, 4) is 11.5 Å². The Kier molecular flexibility index (Phi) is 8.20. The van der Waals surface area contributed by atoms with E-state index in [0.29, 0.717) is 5.75 Å². The molecule has 0 saturated heterocycles. The number of benzene rings is 2. The van der Waals surface area contributed by atoms with Crippen LogP contribution >= 0.6 is 0 Å². The second-order valence-corrected chi connectivity index (χ2v) is 10.1. The van der Waals surface area contributed by atoms with Crippen molar-refractivity contribution in [2.75, 3.05) is 0 Å². The van der Waals surface area contributed by atoms with Gasteiger partial charge >= 0.3 is 5.97 Å². The molecule has 0 atom stereocenters. The number of carbonyl (C=O) groups excluding carboxylic acids is 1. The second-order valence-electron chi connectivity index (χ2n) is 10.1. The van der Waals surface area contributed by atoms with Crippen molar-refractivity contribution >= 4 is 5.97 Å². The van der Waals surface area contributed by atoms with Crippen molar-refractivity contribution < 1.29 is 14.3 Å². The van der Waals surface area contributed by atoms with Crippen LogP contribution in [0.1, 0.15) is 94.2 Å². The van der Waals surface area contributed by atoms with E-state index in [4.69, 9.17) is 9.47 Å². The molecule has 2 rings (SSSR count). The topological polar surface area (TPSA) is 35.5 Å². The average molecular weight is 439 g/mol. The van der Waals surface area contributed by atoms with Gasteiger partial charge in [0, 0.05) is 0 Å². The van der Waals surface area contributed by atoms with Crippen LogP contribution < -0.4 is 9.47 Å². The Balaban J connectivity index is 2.30. The lowest BCUT2D eigenvalue weighted by molar-refractivity contribution is -0.145. The molecule has 2 aromatic rings. The van der Waals surface area contributed by atoms with Gasteiger partial charge in [-0.3, -0.25) is 4.79 Å². The molecule has 3 heteroatoms. The van der Waals surface area contributed by atoms with Crippen molar-refractivity contribution in [3.63, 3.8) is 0 Å². The summed E-state index contributed by atoms with van der Waals surface area (Å²) in [6, 6.07) is 8.30. The smallest absolute Gasteiger partial charge is 0.317 e. The third-order valence-corrected chi connectivity index (χ3v) is 7.20. The zero-order valence-electron chi connectivity index (χ0n) is 21.9. The maximum absolute atomic E-state index is 12.7. The lowest BCUT2D eigenvalue weighted by atomic mass is 9.85. The van der Waals surface area contributed by atoms with Gasteiger partial charge in [0.15, 0.2) is 0 Å². The van der Waals surface area contributed by atoms with Crippen LogP contribution in [-0.4, -0.2) is 11.6 Å². The highest BCUT2D eigenvalue weighted by atomic mass is 16.5. The van der Waals surface area contributed by atoms with Gasteiger partial charge < -0.3 is 9.47 Å². The average Bonchev–Trinajstić information content (AvgIpc) is 2.71. The number of aryl methyl sites for hydroxylation is 4. The normalized spacial score (nSPS) is 12.1. The summed E-state index contributed by atoms with van der Waals surface area (Å²) in [5, 5.41) is 0. The molecule has 0 bridgehead atoms. The van der Waals surface area contributed by atoms with Crippen molar-refractivity contribution in [1.82, 2.24) is 0 Å². The fraction of sp³-hybridized carbons (Fsp3) is 0.552. The van der Waals surface area contributed by atoms with Crippen molar-refractivity contribution in [1.29, 1.82) is 0 Å². The summed E-state index contributed by atoms with van der Waals surface area (Å²) < 4.78 is 12.0. The lowest BCUT2D eigenvalue weighted by Crippen LogP contribution is -2.30. The van der Waals surface area contributed by atoms with Crippen LogP contribution in [0, 0.1) is 33.1 Å². The molecule has 0 N–H and O–H groups in total. The first-order valence-electron chi connectivity index (χ1n) is 12.0. The van der Waals surface area contributed by atoms with Gasteiger partial charge in [-0.05, 0) is 132 Å². The number of rotatable bonds is 9. The highest BCUT2D eigenvalue weighted by Crippen LogP contribution is 2.32. The zero-order chi connectivity index (χ0) is 24.3. The molecule has 176 valence electrons. The molecule has 0 aliphatic rings. The zero-order valence-corrected chi connectivity index (χ0v) is 21.9. The van der Waals surface area contributed by atoms with E-state index in [0.717, 1.165) is 42.6 Å². The van der Waals surface area contributed by atoms with E-state index < -0.39 is 5.41 Å². The number of carbonyl (C=O) groups is 1. The third-order valence-electron chi connectivity index (χ3n) is 7.20. The number of esters is 1. The van der Waals surface area contributed by atoms with E-state index in [2.05, 4.69) is 60.6 Å². The van der Waals surface area contributed by atoms with Gasteiger partial charge in [-0.25, -0.2) is 0 Å². The highest BCUT2D eigenvalue weighted by molar-refractivity contribution is 5.78. The molecule has 0 aliphatic carbocycles. The first-order valence-corrected chi connectivity index (χ1v) is 12.0. The summed E-state index contributed by atoms with van der Waals surface area (Å²) in [4.78, 5) is 12.7. The van der Waals surface area contributed by atoms with Crippen LogP contribution in [0.2, 0.25) is 0 Å². The summed E-state index contributed by atoms with van der Waals surface area (Å²) in [5.41, 5.74) is 6.77. The van der Waals surface area contributed by atoms with Gasteiger partial charge in [0.2, 0.25) is 0 Å². The number of hydrogen-bond acceptors (Lipinski definition) is 3. The van der Waals surface area contributed by atoms with Gasteiger partial charge in [0.25, 0.3) is 0 Å². The molecule has 32 heavy (non-hydrogen) atoms. The summed E-state index contributed by atoms with van der Waals surface area (Å²) in [5.74, 6) is 1.42. The first-order chi connectivity index (χ1) is 14.9. The van der Waals surface area contributed by atoms with E-state index in [1.165, 1.54) is 22.3 Å². The maximum Gasteiger partial charge on any atom is 0.317 e. The summed E-state index contributed by atoms with van der Waals surface area (Å²) >= 11 is 0. The van der Waals surface area contributed by atoms with Gasteiger partial charge in [0.05, 0.1) is 5.41 Å². The summed E-state index contributed by atoms with van der Waals surface area (Å²) in [6.07, 6.45) is 3.35. The lowest BCUT2D eigenvalue weighted by Gasteiger charge is -2.26. The van der Waals surface area contributed by atoms with E-state index >= 15 is 0 Å². The summed E-state index contributed by atoms with van der Waals surface area (Å²) in [7, 11) is 0. The van der Waals surface area contributed by atoms with Crippen LogP contribution in [0.15, 0.2) is 24.3 Å². The molecule has 0 aromatic heterocycles. The van der Waals surface area contributed by atoms with Gasteiger partial charge in [-0.15, -0.1) is 0 Å². The molecule has 2 aromatic carbocycles. The van der Waals surface area contributed by atoms with Gasteiger partial charge in [0.1, 0.15) is 17.1 Å². The fourth-order valence-corrected chi connectivity index (χ4v) is 3.92. The third kappa shape index (κ3) is 5.94. The molecule has 0 saturated carbocycles. The van der Waals surface area contributed by atoms with Crippen molar-refractivity contribution in [3.05, 3.63) is 57.6 Å². The van der Waals surface area contributed by atoms with E-state index in [9.17, 15) is 4.79 Å². The largest absolute Gasteiger partial charge is 0.488 e. The second kappa shape index (κ2) is 10.1. The standard InChI is InChI=1S/C29H42O3/c1-11-28(8,9)32-24-16-21(6)26(22(7)17-24)18-25-19(4)14-23(15-20(25)5)31-27(30)29(10,12-2)13-3/h14-17H,11-13,18H2,1-10H3. The molecule has 0 radical (unpaired) electrons. The Morgan fingerprint density at radius 3 is 1.50 bits per heavy atom. The molecule has 0 fully saturated rings. The van der Waals surface area contributed by atoms with E-state index in [1.807, 2.05) is 32.9 Å². The molecular formula is C29H42O3. The molecule has 0 spiro atoms. The highest BCUT2D eigenvalue weighted by Gasteiger charge is 2.31. The first kappa shape index (κ1) is 26.0. The molecule has 0 amide bonds. The minimum atomic E-state index is -0.440. The van der Waals surface area contributed by atoms with Crippen molar-refractivity contribution in [2.24, 2.45) is 5.41 Å². The Labute approximate surface area is 195 Å². The van der Waals surface area contributed by atoms with Crippen LogP contribution in [0.3, 0.4) is 0 Å². The van der Waals surface area contributed by atoms with Crippen LogP contribution in [0.5, 0.6) is 11.5 Å². The van der Waals surface area contributed by atoms with E-state index in [1.54, 1.807) is 0 Å². The van der Waals surface area contributed by atoms with E-state index in [-0.39, 0.29) is 11.6 Å². The Bertz CT molecular complexity index is 918. The van der Waals surface area contributed by atoms with Crippen LogP contribution in [0.4, 0.5) is 0 Å². The SMILES string of the molecule is CCC(C)(C)Oc1cc(C)c(Cc2c(C)cc(OC(=O)C(C)(CC)CC)cc2C)c(C)c1. The van der Waals surface area contributed by atoms with Crippen molar-refractivity contribution in [2.45, 2.75) is 101 Å². The number of hydrogen-bond donors (Lipinski definition) is 0. The number of ether oxygens (including phenoxy) is 2. The summed E-state index contributed by atoms with van der Waals surface area (Å²) in [6.45, 7) is 21.0. The minimum absolute atomic E-state index is 0.147. The van der Waals surface area contributed by atoms with Gasteiger partial charge in [-0.1, -0.05) is 20.8 Å².